The fourth-order valence-electron chi connectivity index (χ4n) is 3.43. The van der Waals surface area contributed by atoms with Crippen molar-refractivity contribution in [2.75, 3.05) is 31.1 Å². The van der Waals surface area contributed by atoms with Crippen LogP contribution in [-0.2, 0) is 0 Å². The van der Waals surface area contributed by atoms with E-state index in [1.807, 2.05) is 17.2 Å². The van der Waals surface area contributed by atoms with E-state index in [1.54, 1.807) is 6.20 Å². The topological polar surface area (TPSA) is 36.4 Å². The van der Waals surface area contributed by atoms with Gasteiger partial charge < -0.3 is 9.80 Å². The molecule has 3 heterocycles. The highest BCUT2D eigenvalue weighted by Crippen LogP contribution is 2.22. The Morgan fingerprint density at radius 3 is 2.71 bits per heavy atom. The Balaban J connectivity index is 1.74. The van der Waals surface area contributed by atoms with Crippen LogP contribution in [0.15, 0.2) is 18.5 Å². The lowest BCUT2D eigenvalue weighted by molar-refractivity contribution is 0.0682. The van der Waals surface area contributed by atoms with Crippen molar-refractivity contribution in [3.63, 3.8) is 0 Å². The van der Waals surface area contributed by atoms with Crippen LogP contribution >= 0.6 is 0 Å². The summed E-state index contributed by atoms with van der Waals surface area (Å²) in [5, 5.41) is 0. The predicted molar refractivity (Wildman–Crippen MR) is 84.6 cm³/mol. The van der Waals surface area contributed by atoms with E-state index < -0.39 is 0 Å². The summed E-state index contributed by atoms with van der Waals surface area (Å²) in [6.07, 6.45) is 9.75. The summed E-state index contributed by atoms with van der Waals surface area (Å²) in [5.74, 6) is 0.758. The number of nitrogens with zero attached hydrogens (tertiary/aromatic N) is 3. The van der Waals surface area contributed by atoms with Gasteiger partial charge in [-0.2, -0.15) is 0 Å². The molecule has 1 aromatic heterocycles. The maximum Gasteiger partial charge on any atom is 0.255 e. The molecule has 0 aromatic carbocycles. The molecule has 2 saturated heterocycles. The molecule has 0 radical (unpaired) electrons. The molecule has 0 bridgehead atoms. The first-order valence-electron chi connectivity index (χ1n) is 8.23. The van der Waals surface area contributed by atoms with Crippen LogP contribution in [0.2, 0.25) is 0 Å². The molecule has 114 valence electrons. The van der Waals surface area contributed by atoms with E-state index in [0.717, 1.165) is 43.9 Å². The van der Waals surface area contributed by atoms with Crippen LogP contribution < -0.4 is 4.90 Å². The molecular formula is C17H25N3O. The second-order valence-corrected chi connectivity index (χ2v) is 6.48. The van der Waals surface area contributed by atoms with Gasteiger partial charge in [-0.3, -0.25) is 9.78 Å². The average Bonchev–Trinajstić information content (AvgIpc) is 2.55. The first-order valence-corrected chi connectivity index (χ1v) is 8.23. The first-order chi connectivity index (χ1) is 10.2. The van der Waals surface area contributed by atoms with Crippen LogP contribution in [0.25, 0.3) is 0 Å². The van der Waals surface area contributed by atoms with Crippen LogP contribution in [0.5, 0.6) is 0 Å². The van der Waals surface area contributed by atoms with Gasteiger partial charge in [0.05, 0.1) is 17.4 Å². The van der Waals surface area contributed by atoms with Crippen molar-refractivity contribution >= 4 is 11.6 Å². The third kappa shape index (κ3) is 3.36. The highest BCUT2D eigenvalue weighted by atomic mass is 16.2. The Morgan fingerprint density at radius 2 is 1.95 bits per heavy atom. The van der Waals surface area contributed by atoms with Crippen LogP contribution in [0.1, 0.15) is 49.4 Å². The average molecular weight is 287 g/mol. The highest BCUT2D eigenvalue weighted by Gasteiger charge is 2.23. The van der Waals surface area contributed by atoms with Crippen molar-refractivity contribution in [3.8, 4) is 0 Å². The predicted octanol–water partition coefficient (Wildman–Crippen LogP) is 2.94. The highest BCUT2D eigenvalue weighted by molar-refractivity contribution is 5.94. The Bertz CT molecular complexity index is 497. The van der Waals surface area contributed by atoms with Crippen molar-refractivity contribution in [2.24, 2.45) is 5.92 Å². The van der Waals surface area contributed by atoms with Gasteiger partial charge in [0, 0.05) is 32.4 Å². The Labute approximate surface area is 127 Å². The number of hydrogen-bond acceptors (Lipinski definition) is 3. The maximum absolute atomic E-state index is 12.6. The normalized spacial score (nSPS) is 23.2. The third-order valence-electron chi connectivity index (χ3n) is 4.64. The van der Waals surface area contributed by atoms with E-state index in [4.69, 9.17) is 0 Å². The van der Waals surface area contributed by atoms with E-state index in [2.05, 4.69) is 16.8 Å². The number of pyridine rings is 1. The van der Waals surface area contributed by atoms with Gasteiger partial charge in [-0.1, -0.05) is 6.92 Å². The van der Waals surface area contributed by atoms with E-state index in [0.29, 0.717) is 5.92 Å². The molecule has 4 nitrogen and oxygen atoms in total. The van der Waals surface area contributed by atoms with Gasteiger partial charge in [-0.15, -0.1) is 0 Å². The lowest BCUT2D eigenvalue weighted by atomic mass is 9.99. The molecule has 0 aliphatic carbocycles. The fourth-order valence-corrected chi connectivity index (χ4v) is 3.43. The molecule has 21 heavy (non-hydrogen) atoms. The SMILES string of the molecule is CC1CCCN(C(=O)c2cncc(N3CCCCC3)c2)C1. The van der Waals surface area contributed by atoms with Gasteiger partial charge in [0.1, 0.15) is 0 Å². The number of piperidine rings is 2. The van der Waals surface area contributed by atoms with Crippen LogP contribution in [0, 0.1) is 5.92 Å². The van der Waals surface area contributed by atoms with E-state index >= 15 is 0 Å². The second-order valence-electron chi connectivity index (χ2n) is 6.48. The van der Waals surface area contributed by atoms with Crippen molar-refractivity contribution in [3.05, 3.63) is 24.0 Å². The Kier molecular flexibility index (Phi) is 4.42. The standard InChI is InChI=1S/C17H25N3O/c1-14-6-5-9-20(13-14)17(21)15-10-16(12-18-11-15)19-7-3-2-4-8-19/h10-12,14H,2-9,13H2,1H3. The zero-order chi connectivity index (χ0) is 14.7. The summed E-state index contributed by atoms with van der Waals surface area (Å²) >= 11 is 0. The van der Waals surface area contributed by atoms with Gasteiger partial charge in [0.15, 0.2) is 0 Å². The second kappa shape index (κ2) is 6.46. The molecule has 3 rings (SSSR count). The summed E-state index contributed by atoms with van der Waals surface area (Å²) in [6, 6.07) is 2.03. The minimum atomic E-state index is 0.146. The number of anilines is 1. The lowest BCUT2D eigenvalue weighted by Gasteiger charge is -2.32. The van der Waals surface area contributed by atoms with Gasteiger partial charge in [0.2, 0.25) is 0 Å². The number of carbonyl (C=O) groups excluding carboxylic acids is 1. The molecule has 2 fully saturated rings. The van der Waals surface area contributed by atoms with Gasteiger partial charge >= 0.3 is 0 Å². The van der Waals surface area contributed by atoms with E-state index in [-0.39, 0.29) is 5.91 Å². The van der Waals surface area contributed by atoms with Crippen molar-refractivity contribution < 1.29 is 4.79 Å². The minimum Gasteiger partial charge on any atom is -0.370 e. The number of rotatable bonds is 2. The van der Waals surface area contributed by atoms with Gasteiger partial charge in [0.25, 0.3) is 5.91 Å². The fraction of sp³-hybridized carbons (Fsp3) is 0.647. The van der Waals surface area contributed by atoms with E-state index in [1.165, 1.54) is 25.7 Å². The van der Waals surface area contributed by atoms with Gasteiger partial charge in [-0.25, -0.2) is 0 Å². The molecule has 1 aromatic rings. The number of carbonyl (C=O) groups is 1. The Morgan fingerprint density at radius 1 is 1.14 bits per heavy atom. The molecule has 0 saturated carbocycles. The maximum atomic E-state index is 12.6. The molecule has 1 amide bonds. The van der Waals surface area contributed by atoms with E-state index in [9.17, 15) is 4.79 Å². The smallest absolute Gasteiger partial charge is 0.255 e. The number of likely N-dealkylation sites (tertiary alicyclic amines) is 1. The molecule has 2 aliphatic heterocycles. The molecule has 1 unspecified atom stereocenters. The number of hydrogen-bond donors (Lipinski definition) is 0. The molecule has 2 aliphatic rings. The molecular weight excluding hydrogens is 262 g/mol. The minimum absolute atomic E-state index is 0.146. The Hall–Kier alpha value is -1.58. The largest absolute Gasteiger partial charge is 0.370 e. The molecule has 4 heteroatoms. The monoisotopic (exact) mass is 287 g/mol. The zero-order valence-electron chi connectivity index (χ0n) is 12.9. The molecule has 0 N–H and O–H groups in total. The summed E-state index contributed by atoms with van der Waals surface area (Å²) < 4.78 is 0. The molecule has 0 spiro atoms. The van der Waals surface area contributed by atoms with Crippen LogP contribution in [0.3, 0.4) is 0 Å². The van der Waals surface area contributed by atoms with Crippen molar-refractivity contribution in [1.82, 2.24) is 9.88 Å². The summed E-state index contributed by atoms with van der Waals surface area (Å²) in [4.78, 5) is 21.3. The molecule has 1 atom stereocenters. The van der Waals surface area contributed by atoms with Gasteiger partial charge in [-0.05, 0) is 44.1 Å². The summed E-state index contributed by atoms with van der Waals surface area (Å²) in [5.41, 5.74) is 1.85. The van der Waals surface area contributed by atoms with Crippen LogP contribution in [0.4, 0.5) is 5.69 Å². The quantitative estimate of drug-likeness (QED) is 0.839. The zero-order valence-corrected chi connectivity index (χ0v) is 12.9. The summed E-state index contributed by atoms with van der Waals surface area (Å²) in [6.45, 7) is 6.16. The van der Waals surface area contributed by atoms with Crippen molar-refractivity contribution in [2.45, 2.75) is 39.0 Å². The third-order valence-corrected chi connectivity index (χ3v) is 4.64. The summed E-state index contributed by atoms with van der Waals surface area (Å²) in [7, 11) is 0. The first kappa shape index (κ1) is 14.4. The van der Waals surface area contributed by atoms with Crippen molar-refractivity contribution in [1.29, 1.82) is 0 Å². The number of aromatic nitrogens is 1. The van der Waals surface area contributed by atoms with Crippen LogP contribution in [-0.4, -0.2) is 42.0 Å². The number of amides is 1. The lowest BCUT2D eigenvalue weighted by Crippen LogP contribution is -2.39.